The van der Waals surface area contributed by atoms with Gasteiger partial charge in [0, 0.05) is 13.0 Å². The molecule has 0 spiro atoms. The van der Waals surface area contributed by atoms with Crippen molar-refractivity contribution in [2.45, 2.75) is 129 Å². The Morgan fingerprint density at radius 1 is 0.800 bits per heavy atom. The fourth-order valence-corrected chi connectivity index (χ4v) is 3.59. The van der Waals surface area contributed by atoms with Crippen molar-refractivity contribution >= 4 is 11.9 Å². The average Bonchev–Trinajstić information content (AvgIpc) is 2.72. The van der Waals surface area contributed by atoms with Crippen LogP contribution in [0.25, 0.3) is 0 Å². The Morgan fingerprint density at radius 2 is 1.30 bits per heavy atom. The summed E-state index contributed by atoms with van der Waals surface area (Å²) in [6.07, 6.45) is 25.2. The topological polar surface area (TPSA) is 92.4 Å². The van der Waals surface area contributed by atoms with Crippen molar-refractivity contribution in [1.29, 1.82) is 0 Å². The van der Waals surface area contributed by atoms with E-state index in [4.69, 9.17) is 10.8 Å². The van der Waals surface area contributed by atoms with E-state index in [-0.39, 0.29) is 5.91 Å². The van der Waals surface area contributed by atoms with Gasteiger partial charge in [0.15, 0.2) is 0 Å². The molecule has 0 aromatic rings. The Bertz CT molecular complexity index is 438. The molecule has 30 heavy (non-hydrogen) atoms. The molecule has 0 aliphatic heterocycles. The second-order valence-electron chi connectivity index (χ2n) is 8.49. The molecule has 0 aliphatic carbocycles. The Labute approximate surface area is 185 Å². The Kier molecular flexibility index (Phi) is 21.3. The van der Waals surface area contributed by atoms with Crippen molar-refractivity contribution < 1.29 is 14.7 Å². The van der Waals surface area contributed by atoms with Gasteiger partial charge in [0.25, 0.3) is 0 Å². The lowest BCUT2D eigenvalue weighted by Crippen LogP contribution is -2.30. The molecule has 0 heterocycles. The highest BCUT2D eigenvalue weighted by Crippen LogP contribution is 2.13. The van der Waals surface area contributed by atoms with E-state index < -0.39 is 12.0 Å². The normalized spacial score (nSPS) is 12.3. The van der Waals surface area contributed by atoms with Gasteiger partial charge in [-0.15, -0.1) is 0 Å². The Balaban J connectivity index is 3.21. The van der Waals surface area contributed by atoms with Crippen LogP contribution in [0, 0.1) is 0 Å². The summed E-state index contributed by atoms with van der Waals surface area (Å²) in [5, 5.41) is 11.6. The van der Waals surface area contributed by atoms with Gasteiger partial charge >= 0.3 is 5.97 Å². The van der Waals surface area contributed by atoms with E-state index >= 15 is 0 Å². The summed E-state index contributed by atoms with van der Waals surface area (Å²) in [5.41, 5.74) is 5.44. The molecule has 0 aromatic carbocycles. The molecule has 0 fully saturated rings. The van der Waals surface area contributed by atoms with Gasteiger partial charge in [-0.1, -0.05) is 82.8 Å². The van der Waals surface area contributed by atoms with Crippen molar-refractivity contribution in [1.82, 2.24) is 5.32 Å². The smallest absolute Gasteiger partial charge is 0.320 e. The molecule has 0 bridgehead atoms. The highest BCUT2D eigenvalue weighted by molar-refractivity contribution is 5.75. The number of nitrogens with one attached hydrogen (secondary N) is 1. The number of carbonyl (C=O) groups is 2. The Hall–Kier alpha value is -1.36. The lowest BCUT2D eigenvalue weighted by Gasteiger charge is -2.07. The maximum atomic E-state index is 11.8. The maximum absolute atomic E-state index is 11.8. The van der Waals surface area contributed by atoms with E-state index in [1.54, 1.807) is 0 Å². The summed E-state index contributed by atoms with van der Waals surface area (Å²) >= 11 is 0. The van der Waals surface area contributed by atoms with Crippen LogP contribution in [-0.2, 0) is 9.59 Å². The van der Waals surface area contributed by atoms with E-state index in [0.717, 1.165) is 25.7 Å². The number of carbonyl (C=O) groups excluding carboxylic acids is 1. The molecule has 0 rings (SSSR count). The highest BCUT2D eigenvalue weighted by atomic mass is 16.4. The van der Waals surface area contributed by atoms with Crippen molar-refractivity contribution in [3.8, 4) is 0 Å². The van der Waals surface area contributed by atoms with E-state index in [1.807, 2.05) is 0 Å². The largest absolute Gasteiger partial charge is 0.480 e. The quantitative estimate of drug-likeness (QED) is 0.144. The molecule has 0 saturated heterocycles. The average molecular weight is 425 g/mol. The number of carboxylic acid groups (broad SMARTS) is 1. The first kappa shape index (κ1) is 28.6. The van der Waals surface area contributed by atoms with Gasteiger partial charge in [-0.3, -0.25) is 9.59 Å². The third-order valence-electron chi connectivity index (χ3n) is 5.59. The van der Waals surface area contributed by atoms with Crippen LogP contribution in [0.1, 0.15) is 122 Å². The SMILES string of the molecule is C/C=C/CCCCCCCCCCCCCCCC(=O)NCCCC[C@H](N)C(=O)O. The van der Waals surface area contributed by atoms with Crippen molar-refractivity contribution in [3.05, 3.63) is 12.2 Å². The monoisotopic (exact) mass is 424 g/mol. The van der Waals surface area contributed by atoms with Crippen LogP contribution in [0.2, 0.25) is 0 Å². The van der Waals surface area contributed by atoms with E-state index in [9.17, 15) is 9.59 Å². The maximum Gasteiger partial charge on any atom is 0.320 e. The predicted octanol–water partition coefficient (Wildman–Crippen LogP) is 6.11. The fourth-order valence-electron chi connectivity index (χ4n) is 3.59. The number of amides is 1. The lowest BCUT2D eigenvalue weighted by atomic mass is 10.0. The number of allylic oxidation sites excluding steroid dienone is 2. The zero-order chi connectivity index (χ0) is 22.3. The van der Waals surface area contributed by atoms with Crippen LogP contribution in [0.3, 0.4) is 0 Å². The number of aliphatic carboxylic acids is 1. The van der Waals surface area contributed by atoms with Gasteiger partial charge in [0.1, 0.15) is 6.04 Å². The molecule has 1 amide bonds. The number of rotatable bonds is 22. The first-order valence-corrected chi connectivity index (χ1v) is 12.4. The Morgan fingerprint density at radius 3 is 1.80 bits per heavy atom. The third kappa shape index (κ3) is 21.4. The molecule has 176 valence electrons. The molecular weight excluding hydrogens is 376 g/mol. The zero-order valence-electron chi connectivity index (χ0n) is 19.5. The van der Waals surface area contributed by atoms with Crippen LogP contribution in [0.4, 0.5) is 0 Å². The van der Waals surface area contributed by atoms with Crippen LogP contribution in [0.5, 0.6) is 0 Å². The van der Waals surface area contributed by atoms with E-state index in [1.165, 1.54) is 77.0 Å². The number of hydrogen-bond acceptors (Lipinski definition) is 3. The number of carboxylic acids is 1. The first-order chi connectivity index (χ1) is 14.6. The van der Waals surface area contributed by atoms with Crippen molar-refractivity contribution in [2.24, 2.45) is 5.73 Å². The van der Waals surface area contributed by atoms with Gasteiger partial charge in [-0.25, -0.2) is 0 Å². The molecule has 4 N–H and O–H groups in total. The minimum atomic E-state index is -0.958. The summed E-state index contributed by atoms with van der Waals surface area (Å²) in [7, 11) is 0. The summed E-state index contributed by atoms with van der Waals surface area (Å²) in [5.74, 6) is -0.847. The predicted molar refractivity (Wildman–Crippen MR) is 127 cm³/mol. The van der Waals surface area contributed by atoms with Gasteiger partial charge in [0.05, 0.1) is 0 Å². The standard InChI is InChI=1S/C25H48N2O3/c1-2-3-4-5-6-7-8-9-10-11-12-13-14-15-16-17-21-24(28)27-22-19-18-20-23(26)25(29)30/h2-3,23H,4-22,26H2,1H3,(H,27,28)(H,29,30)/b3-2+/t23-/m0/s1. The molecule has 0 saturated carbocycles. The summed E-state index contributed by atoms with van der Waals surface area (Å²) in [6, 6.07) is -0.788. The van der Waals surface area contributed by atoms with E-state index in [2.05, 4.69) is 24.4 Å². The van der Waals surface area contributed by atoms with Gasteiger partial charge in [-0.05, 0) is 45.4 Å². The summed E-state index contributed by atoms with van der Waals surface area (Å²) in [4.78, 5) is 22.4. The number of nitrogens with two attached hydrogens (primary N) is 1. The zero-order valence-corrected chi connectivity index (χ0v) is 19.5. The second-order valence-corrected chi connectivity index (χ2v) is 8.49. The van der Waals surface area contributed by atoms with Crippen molar-refractivity contribution in [3.63, 3.8) is 0 Å². The van der Waals surface area contributed by atoms with Crippen LogP contribution in [0.15, 0.2) is 12.2 Å². The molecule has 0 aromatic heterocycles. The first-order valence-electron chi connectivity index (χ1n) is 12.4. The van der Waals surface area contributed by atoms with Gasteiger partial charge in [0.2, 0.25) is 5.91 Å². The van der Waals surface area contributed by atoms with Crippen molar-refractivity contribution in [2.75, 3.05) is 6.54 Å². The van der Waals surface area contributed by atoms with Gasteiger partial charge < -0.3 is 16.2 Å². The molecule has 5 heteroatoms. The summed E-state index contributed by atoms with van der Waals surface area (Å²) in [6.45, 7) is 2.70. The molecule has 1 atom stereocenters. The van der Waals surface area contributed by atoms with Crippen LogP contribution in [-0.4, -0.2) is 29.6 Å². The minimum Gasteiger partial charge on any atom is -0.480 e. The highest BCUT2D eigenvalue weighted by Gasteiger charge is 2.10. The molecule has 5 nitrogen and oxygen atoms in total. The molecular formula is C25H48N2O3. The second kappa shape index (κ2) is 22.3. The third-order valence-corrected chi connectivity index (χ3v) is 5.59. The lowest BCUT2D eigenvalue weighted by molar-refractivity contribution is -0.138. The minimum absolute atomic E-state index is 0.111. The van der Waals surface area contributed by atoms with E-state index in [0.29, 0.717) is 19.4 Å². The fraction of sp³-hybridized carbons (Fsp3) is 0.840. The molecule has 0 unspecified atom stereocenters. The number of hydrogen-bond donors (Lipinski definition) is 3. The number of unbranched alkanes of at least 4 members (excludes halogenated alkanes) is 14. The summed E-state index contributed by atoms with van der Waals surface area (Å²) < 4.78 is 0. The van der Waals surface area contributed by atoms with Crippen LogP contribution < -0.4 is 11.1 Å². The van der Waals surface area contributed by atoms with Crippen LogP contribution >= 0.6 is 0 Å². The molecule has 0 aliphatic rings. The molecule has 0 radical (unpaired) electrons. The van der Waals surface area contributed by atoms with Gasteiger partial charge in [-0.2, -0.15) is 0 Å².